The third kappa shape index (κ3) is 7.17. The fourth-order valence-corrected chi connectivity index (χ4v) is 4.95. The molecule has 36 heavy (non-hydrogen) atoms. The molecule has 1 aromatic carbocycles. The van der Waals surface area contributed by atoms with Crippen molar-refractivity contribution in [3.8, 4) is 0 Å². The summed E-state index contributed by atoms with van der Waals surface area (Å²) in [6.07, 6.45) is -2.43. The normalized spacial score (nSPS) is 18.6. The van der Waals surface area contributed by atoms with Crippen LogP contribution in [0.15, 0.2) is 18.2 Å². The molecule has 0 radical (unpaired) electrons. The SMILES string of the molecule is CC(=O)N1C[C@@H](C(=O)Cc2ccc(C)cc2C)[C@H](c2nnc(CCCC(C)(C)C)n2CC(F)(F)F)C1. The van der Waals surface area contributed by atoms with Crippen molar-refractivity contribution in [2.75, 3.05) is 13.1 Å². The highest BCUT2D eigenvalue weighted by Crippen LogP contribution is 2.35. The first-order valence-electron chi connectivity index (χ1n) is 12.5. The second kappa shape index (κ2) is 10.7. The van der Waals surface area contributed by atoms with Gasteiger partial charge in [0.2, 0.25) is 5.91 Å². The molecule has 1 aliphatic heterocycles. The van der Waals surface area contributed by atoms with Gasteiger partial charge in [0.25, 0.3) is 0 Å². The molecule has 1 amide bonds. The molecule has 0 saturated carbocycles. The van der Waals surface area contributed by atoms with Crippen molar-refractivity contribution in [3.63, 3.8) is 0 Å². The minimum Gasteiger partial charge on any atom is -0.341 e. The number of alkyl halides is 3. The van der Waals surface area contributed by atoms with Crippen molar-refractivity contribution >= 4 is 11.7 Å². The molecule has 6 nitrogen and oxygen atoms in total. The van der Waals surface area contributed by atoms with Gasteiger partial charge >= 0.3 is 6.18 Å². The van der Waals surface area contributed by atoms with Crippen LogP contribution in [0.5, 0.6) is 0 Å². The van der Waals surface area contributed by atoms with E-state index < -0.39 is 24.6 Å². The van der Waals surface area contributed by atoms with Crippen molar-refractivity contribution < 1.29 is 22.8 Å². The number of aromatic nitrogens is 3. The smallest absolute Gasteiger partial charge is 0.341 e. The van der Waals surface area contributed by atoms with Crippen molar-refractivity contribution in [3.05, 3.63) is 46.5 Å². The van der Waals surface area contributed by atoms with Gasteiger partial charge in [-0.05, 0) is 43.2 Å². The molecule has 198 valence electrons. The minimum absolute atomic E-state index is 0.0524. The first-order chi connectivity index (χ1) is 16.6. The molecule has 3 rings (SSSR count). The summed E-state index contributed by atoms with van der Waals surface area (Å²) in [4.78, 5) is 27.2. The zero-order valence-corrected chi connectivity index (χ0v) is 22.1. The third-order valence-corrected chi connectivity index (χ3v) is 6.89. The Kier molecular flexibility index (Phi) is 8.30. The summed E-state index contributed by atoms with van der Waals surface area (Å²) in [6, 6.07) is 5.85. The van der Waals surface area contributed by atoms with Crippen molar-refractivity contribution in [2.24, 2.45) is 11.3 Å². The van der Waals surface area contributed by atoms with Crippen LogP contribution in [-0.2, 0) is 29.0 Å². The average molecular weight is 507 g/mol. The zero-order valence-electron chi connectivity index (χ0n) is 22.1. The number of carbonyl (C=O) groups excluding carboxylic acids is 2. The van der Waals surface area contributed by atoms with Gasteiger partial charge in [0.15, 0.2) is 0 Å². The van der Waals surface area contributed by atoms with Crippen LogP contribution in [0.3, 0.4) is 0 Å². The second-order valence-corrected chi connectivity index (χ2v) is 11.3. The Morgan fingerprint density at radius 1 is 1.08 bits per heavy atom. The lowest BCUT2D eigenvalue weighted by atomic mass is 9.87. The fraction of sp³-hybridized carbons (Fsp3) is 0.630. The van der Waals surface area contributed by atoms with Crippen LogP contribution in [-0.4, -0.2) is 50.6 Å². The number of aryl methyl sites for hydroxylation is 3. The van der Waals surface area contributed by atoms with Crippen molar-refractivity contribution in [1.82, 2.24) is 19.7 Å². The molecule has 1 saturated heterocycles. The largest absolute Gasteiger partial charge is 0.406 e. The molecule has 2 aromatic rings. The van der Waals surface area contributed by atoms with Gasteiger partial charge in [-0.3, -0.25) is 9.59 Å². The van der Waals surface area contributed by atoms with Crippen molar-refractivity contribution in [1.29, 1.82) is 0 Å². The highest BCUT2D eigenvalue weighted by Gasteiger charge is 2.43. The first-order valence-corrected chi connectivity index (χ1v) is 12.5. The monoisotopic (exact) mass is 506 g/mol. The summed E-state index contributed by atoms with van der Waals surface area (Å²) in [5.74, 6) is -1.19. The van der Waals surface area contributed by atoms with Gasteiger partial charge in [0.05, 0.1) is 0 Å². The summed E-state index contributed by atoms with van der Waals surface area (Å²) >= 11 is 0. The molecule has 1 fully saturated rings. The predicted molar refractivity (Wildman–Crippen MR) is 132 cm³/mol. The van der Waals surface area contributed by atoms with E-state index in [0.717, 1.165) is 27.7 Å². The molecular weight excluding hydrogens is 469 g/mol. The number of nitrogens with zero attached hydrogens (tertiary/aromatic N) is 4. The molecule has 9 heteroatoms. The fourth-order valence-electron chi connectivity index (χ4n) is 4.95. The van der Waals surface area contributed by atoms with E-state index in [1.807, 2.05) is 32.0 Å². The Hall–Kier alpha value is -2.71. The van der Waals surface area contributed by atoms with Gasteiger partial charge in [-0.25, -0.2) is 0 Å². The number of Topliss-reactive ketones (excluding diaryl/α,β-unsaturated/α-hetero) is 1. The van der Waals surface area contributed by atoms with Gasteiger partial charge in [-0.15, -0.1) is 10.2 Å². The topological polar surface area (TPSA) is 68.1 Å². The lowest BCUT2D eigenvalue weighted by molar-refractivity contribution is -0.141. The average Bonchev–Trinajstić information content (AvgIpc) is 3.33. The molecule has 0 aliphatic carbocycles. The van der Waals surface area contributed by atoms with Gasteiger partial charge in [-0.1, -0.05) is 44.5 Å². The number of halogens is 3. The number of likely N-dealkylation sites (tertiary alicyclic amines) is 1. The summed E-state index contributed by atoms with van der Waals surface area (Å²) in [5, 5.41) is 8.32. The second-order valence-electron chi connectivity index (χ2n) is 11.3. The number of ketones is 1. The standard InChI is InChI=1S/C27H37F3N4O2/c1-17-9-10-20(18(2)12-17)13-23(36)21-14-33(19(3)35)15-22(21)25-32-31-24(8-7-11-26(4,5)6)34(25)16-27(28,29)30/h9-10,12,21-22H,7-8,11,13-16H2,1-6H3/t21-,22-/m1/s1. The number of amides is 1. The van der Waals surface area contributed by atoms with Crippen LogP contribution >= 0.6 is 0 Å². The maximum Gasteiger partial charge on any atom is 0.406 e. The van der Waals surface area contributed by atoms with E-state index in [1.165, 1.54) is 11.8 Å². The molecule has 2 heterocycles. The highest BCUT2D eigenvalue weighted by molar-refractivity contribution is 5.86. The molecule has 1 aromatic heterocycles. The van der Waals surface area contributed by atoms with Gasteiger partial charge < -0.3 is 9.47 Å². The molecule has 1 aliphatic rings. The number of hydrogen-bond donors (Lipinski definition) is 0. The molecule has 0 unspecified atom stereocenters. The van der Waals surface area contributed by atoms with E-state index in [-0.39, 0.29) is 48.3 Å². The zero-order chi connectivity index (χ0) is 26.8. The maximum absolute atomic E-state index is 13.6. The lowest BCUT2D eigenvalue weighted by Crippen LogP contribution is -2.28. The summed E-state index contributed by atoms with van der Waals surface area (Å²) < 4.78 is 41.9. The van der Waals surface area contributed by atoms with Crippen LogP contribution in [0, 0.1) is 25.2 Å². The van der Waals surface area contributed by atoms with E-state index in [9.17, 15) is 22.8 Å². The van der Waals surface area contributed by atoms with Gasteiger partial charge in [0, 0.05) is 44.7 Å². The number of benzene rings is 1. The van der Waals surface area contributed by atoms with Gasteiger partial charge in [0.1, 0.15) is 24.0 Å². The Balaban J connectivity index is 1.93. The summed E-state index contributed by atoms with van der Waals surface area (Å²) in [6.45, 7) is 10.7. The van der Waals surface area contributed by atoms with Crippen LogP contribution in [0.1, 0.15) is 74.8 Å². The van der Waals surface area contributed by atoms with Crippen LogP contribution in [0.2, 0.25) is 0 Å². The first kappa shape index (κ1) is 27.9. The van der Waals surface area contributed by atoms with Crippen LogP contribution in [0.4, 0.5) is 13.2 Å². The Labute approximate surface area is 211 Å². The molecular formula is C27H37F3N4O2. The third-order valence-electron chi connectivity index (χ3n) is 6.89. The quantitative estimate of drug-likeness (QED) is 0.494. The minimum atomic E-state index is -4.46. The van der Waals surface area contributed by atoms with E-state index in [1.54, 1.807) is 0 Å². The Bertz CT molecular complexity index is 1100. The summed E-state index contributed by atoms with van der Waals surface area (Å²) in [5.41, 5.74) is 3.01. The van der Waals surface area contributed by atoms with Crippen LogP contribution < -0.4 is 0 Å². The molecule has 2 atom stereocenters. The Morgan fingerprint density at radius 3 is 2.36 bits per heavy atom. The van der Waals surface area contributed by atoms with E-state index in [4.69, 9.17) is 0 Å². The van der Waals surface area contributed by atoms with Crippen molar-refractivity contribution in [2.45, 2.75) is 85.9 Å². The molecule has 0 bridgehead atoms. The van der Waals surface area contributed by atoms with E-state index in [0.29, 0.717) is 12.8 Å². The summed E-state index contributed by atoms with van der Waals surface area (Å²) in [7, 11) is 0. The maximum atomic E-state index is 13.6. The van der Waals surface area contributed by atoms with E-state index in [2.05, 4.69) is 31.0 Å². The molecule has 0 N–H and O–H groups in total. The lowest BCUT2D eigenvalue weighted by Gasteiger charge is -2.21. The number of hydrogen-bond acceptors (Lipinski definition) is 4. The van der Waals surface area contributed by atoms with Crippen LogP contribution in [0.25, 0.3) is 0 Å². The number of rotatable bonds is 8. The van der Waals surface area contributed by atoms with E-state index >= 15 is 0 Å². The van der Waals surface area contributed by atoms with Gasteiger partial charge in [-0.2, -0.15) is 13.2 Å². The number of carbonyl (C=O) groups is 2. The molecule has 0 spiro atoms. The Morgan fingerprint density at radius 2 is 1.78 bits per heavy atom. The highest BCUT2D eigenvalue weighted by atomic mass is 19.4. The predicted octanol–water partition coefficient (Wildman–Crippen LogP) is 5.20.